The van der Waals surface area contributed by atoms with E-state index in [-0.39, 0.29) is 11.5 Å². The highest BCUT2D eigenvalue weighted by atomic mass is 19.4. The number of nitrogens with zero attached hydrogens (tertiary/aromatic N) is 3. The number of rotatable bonds is 4. The van der Waals surface area contributed by atoms with E-state index in [1.54, 1.807) is 49.4 Å². The summed E-state index contributed by atoms with van der Waals surface area (Å²) in [6, 6.07) is 9.54. The molecule has 2 aromatic carbocycles. The minimum atomic E-state index is -4.84. The number of benzene rings is 2. The fourth-order valence-corrected chi connectivity index (χ4v) is 4.06. The molecule has 3 aromatic rings. The van der Waals surface area contributed by atoms with Crippen molar-refractivity contribution in [2.45, 2.75) is 44.6 Å². The van der Waals surface area contributed by atoms with E-state index in [0.717, 1.165) is 18.7 Å². The molecule has 1 aromatic heterocycles. The molecule has 1 amide bonds. The summed E-state index contributed by atoms with van der Waals surface area (Å²) >= 11 is 0. The number of aliphatic hydroxyl groups is 1. The fraction of sp³-hybridized carbons (Fsp3) is 0.318. The molecule has 4 rings (SSSR count). The summed E-state index contributed by atoms with van der Waals surface area (Å²) in [7, 11) is 0. The molecule has 0 saturated heterocycles. The number of fused-ring (bicyclic) bond motifs is 1. The van der Waals surface area contributed by atoms with E-state index in [2.05, 4.69) is 10.2 Å². The summed E-state index contributed by atoms with van der Waals surface area (Å²) in [5.74, 6) is -0.103. The van der Waals surface area contributed by atoms with Crippen LogP contribution < -0.4 is 0 Å². The zero-order valence-corrected chi connectivity index (χ0v) is 17.0. The Labute approximate surface area is 176 Å². The Kier molecular flexibility index (Phi) is 4.88. The number of aromatic nitrogens is 2. The molecule has 2 atom stereocenters. The van der Waals surface area contributed by atoms with Gasteiger partial charge in [-0.3, -0.25) is 4.79 Å². The van der Waals surface area contributed by atoms with Crippen LogP contribution in [0, 0.1) is 6.92 Å². The maximum atomic E-state index is 14.1. The Balaban J connectivity index is 1.83. The van der Waals surface area contributed by atoms with Gasteiger partial charge in [-0.15, -0.1) is 10.2 Å². The molecule has 2 unspecified atom stereocenters. The third-order valence-electron chi connectivity index (χ3n) is 5.26. The maximum Gasteiger partial charge on any atom is 0.411 e. The number of carbonyl (C=O) groups is 1. The van der Waals surface area contributed by atoms with Crippen LogP contribution in [-0.2, 0) is 0 Å². The quantitative estimate of drug-likeness (QED) is 0.667. The normalized spacial score (nSPS) is 17.7. The Morgan fingerprint density at radius 3 is 2.26 bits per heavy atom. The Bertz CT molecular complexity index is 1100. The Morgan fingerprint density at radius 1 is 1.06 bits per heavy atom. The molecule has 0 radical (unpaired) electrons. The second-order valence-corrected chi connectivity index (χ2v) is 8.05. The third-order valence-corrected chi connectivity index (χ3v) is 5.26. The van der Waals surface area contributed by atoms with Crippen molar-refractivity contribution in [1.29, 1.82) is 0 Å². The average Bonchev–Trinajstić information content (AvgIpc) is 3.22. The zero-order chi connectivity index (χ0) is 22.6. The van der Waals surface area contributed by atoms with Gasteiger partial charge in [-0.05, 0) is 43.2 Å². The van der Waals surface area contributed by atoms with Crippen LogP contribution in [0.1, 0.15) is 47.3 Å². The van der Waals surface area contributed by atoms with Crippen LogP contribution in [0.15, 0.2) is 52.9 Å². The predicted molar refractivity (Wildman–Crippen MR) is 105 cm³/mol. The molecule has 0 saturated carbocycles. The third kappa shape index (κ3) is 3.69. The number of carbonyl (C=O) groups excluding carboxylic acids is 1. The van der Waals surface area contributed by atoms with Gasteiger partial charge < -0.3 is 14.4 Å². The summed E-state index contributed by atoms with van der Waals surface area (Å²) in [6.45, 7) is 3.76. The minimum Gasteiger partial charge on any atom is -0.421 e. The van der Waals surface area contributed by atoms with Gasteiger partial charge in [0.05, 0.1) is 11.6 Å². The van der Waals surface area contributed by atoms with Crippen molar-refractivity contribution in [2.75, 3.05) is 0 Å². The lowest BCUT2D eigenvalue weighted by Gasteiger charge is -2.41. The topological polar surface area (TPSA) is 79.5 Å². The van der Waals surface area contributed by atoms with Gasteiger partial charge in [0.15, 0.2) is 6.04 Å². The monoisotopic (exact) mass is 431 g/mol. The highest BCUT2D eigenvalue weighted by Gasteiger charge is 2.57. The first kappa shape index (κ1) is 21.0. The minimum absolute atomic E-state index is 0.183. The first-order chi connectivity index (χ1) is 14.5. The van der Waals surface area contributed by atoms with Crippen LogP contribution in [0.2, 0.25) is 0 Å². The predicted octanol–water partition coefficient (Wildman–Crippen LogP) is 4.29. The molecule has 9 heteroatoms. The lowest BCUT2D eigenvalue weighted by Crippen LogP contribution is -2.58. The first-order valence-corrected chi connectivity index (χ1v) is 9.59. The summed E-state index contributed by atoms with van der Waals surface area (Å²) < 4.78 is 47.6. The van der Waals surface area contributed by atoms with Crippen LogP contribution in [0.5, 0.6) is 0 Å². The molecule has 1 aliphatic heterocycles. The number of alkyl halides is 3. The average molecular weight is 431 g/mol. The molecule has 1 aliphatic rings. The number of hydrogen-bond acceptors (Lipinski definition) is 5. The number of hydrogen-bond donors (Lipinski definition) is 1. The van der Waals surface area contributed by atoms with Gasteiger partial charge in [0.1, 0.15) is 0 Å². The number of aryl methyl sites for hydroxylation is 1. The van der Waals surface area contributed by atoms with Crippen molar-refractivity contribution in [3.05, 3.63) is 71.1 Å². The molecule has 2 heterocycles. The largest absolute Gasteiger partial charge is 0.421 e. The van der Waals surface area contributed by atoms with Gasteiger partial charge in [-0.25, -0.2) is 0 Å². The molecular weight excluding hydrogens is 411 g/mol. The van der Waals surface area contributed by atoms with Gasteiger partial charge >= 0.3 is 6.18 Å². The number of halogens is 3. The summed E-state index contributed by atoms with van der Waals surface area (Å²) in [5, 5.41) is 18.1. The van der Waals surface area contributed by atoms with Gasteiger partial charge in [0.2, 0.25) is 11.8 Å². The van der Waals surface area contributed by atoms with Gasteiger partial charge in [0.25, 0.3) is 5.91 Å². The van der Waals surface area contributed by atoms with Gasteiger partial charge in [0, 0.05) is 18.1 Å². The molecule has 1 N–H and O–H groups in total. The van der Waals surface area contributed by atoms with E-state index >= 15 is 0 Å². The summed E-state index contributed by atoms with van der Waals surface area (Å²) in [5.41, 5.74) is -0.509. The van der Waals surface area contributed by atoms with E-state index in [4.69, 9.17) is 4.42 Å². The van der Waals surface area contributed by atoms with Crippen LogP contribution in [0.25, 0.3) is 11.5 Å². The SMILES string of the molecule is Cc1nnc(-c2ccc(C3c4ccccc4C(=O)N3C(C(C)(C)O)C(F)(F)F)cc2)o1. The van der Waals surface area contributed by atoms with Crippen LogP contribution in [-0.4, -0.2) is 43.9 Å². The van der Waals surface area contributed by atoms with Crippen molar-refractivity contribution in [1.82, 2.24) is 15.1 Å². The highest BCUT2D eigenvalue weighted by Crippen LogP contribution is 2.45. The fourth-order valence-electron chi connectivity index (χ4n) is 4.06. The van der Waals surface area contributed by atoms with Crippen molar-refractivity contribution in [3.63, 3.8) is 0 Å². The molecule has 0 spiro atoms. The first-order valence-electron chi connectivity index (χ1n) is 9.59. The smallest absolute Gasteiger partial charge is 0.411 e. The van der Waals surface area contributed by atoms with E-state index < -0.39 is 29.8 Å². The van der Waals surface area contributed by atoms with Crippen molar-refractivity contribution in [3.8, 4) is 11.5 Å². The van der Waals surface area contributed by atoms with Crippen LogP contribution in [0.3, 0.4) is 0 Å². The second-order valence-electron chi connectivity index (χ2n) is 8.05. The summed E-state index contributed by atoms with van der Waals surface area (Å²) in [6.07, 6.45) is -4.84. The molecule has 0 bridgehead atoms. The Morgan fingerprint density at radius 2 is 1.71 bits per heavy atom. The van der Waals surface area contributed by atoms with Gasteiger partial charge in [-0.2, -0.15) is 13.2 Å². The van der Waals surface area contributed by atoms with E-state index in [1.165, 1.54) is 6.07 Å². The molecule has 162 valence electrons. The molecule has 31 heavy (non-hydrogen) atoms. The highest BCUT2D eigenvalue weighted by molar-refractivity contribution is 6.00. The maximum absolute atomic E-state index is 14.1. The standard InChI is InChI=1S/C22H20F3N3O3/c1-12-26-27-18(31-12)14-10-8-13(9-11-14)17-15-6-4-5-7-16(15)19(29)28(17)20(21(2,3)30)22(23,24)25/h4-11,17,20,30H,1-3H3. The van der Waals surface area contributed by atoms with Gasteiger partial charge in [-0.1, -0.05) is 30.3 Å². The van der Waals surface area contributed by atoms with E-state index in [0.29, 0.717) is 22.6 Å². The zero-order valence-electron chi connectivity index (χ0n) is 17.0. The van der Waals surface area contributed by atoms with Crippen molar-refractivity contribution < 1.29 is 27.5 Å². The molecule has 0 aliphatic carbocycles. The van der Waals surface area contributed by atoms with Crippen molar-refractivity contribution >= 4 is 5.91 Å². The van der Waals surface area contributed by atoms with E-state index in [1.807, 2.05) is 0 Å². The summed E-state index contributed by atoms with van der Waals surface area (Å²) in [4.78, 5) is 13.8. The lowest BCUT2D eigenvalue weighted by atomic mass is 9.92. The number of amides is 1. The van der Waals surface area contributed by atoms with Crippen LogP contribution in [0.4, 0.5) is 13.2 Å². The van der Waals surface area contributed by atoms with Crippen LogP contribution >= 0.6 is 0 Å². The molecule has 6 nitrogen and oxygen atoms in total. The Hall–Kier alpha value is -3.20. The second kappa shape index (κ2) is 7.19. The molecule has 0 fully saturated rings. The molecular formula is C22H20F3N3O3. The lowest BCUT2D eigenvalue weighted by molar-refractivity contribution is -0.221. The van der Waals surface area contributed by atoms with E-state index in [9.17, 15) is 23.1 Å². The van der Waals surface area contributed by atoms with Crippen molar-refractivity contribution in [2.24, 2.45) is 0 Å².